The molecule has 0 bridgehead atoms. The molecule has 0 radical (unpaired) electrons. The van der Waals surface area contributed by atoms with E-state index >= 15 is 0 Å². The molecule has 4 heteroatoms. The molecule has 1 aliphatic carbocycles. The second kappa shape index (κ2) is 5.16. The van der Waals surface area contributed by atoms with Gasteiger partial charge in [-0.2, -0.15) is 0 Å². The monoisotopic (exact) mass is 252 g/mol. The van der Waals surface area contributed by atoms with Crippen molar-refractivity contribution in [1.82, 2.24) is 0 Å². The first-order chi connectivity index (χ1) is 8.61. The van der Waals surface area contributed by atoms with Crippen molar-refractivity contribution in [2.24, 2.45) is 0 Å². The van der Waals surface area contributed by atoms with E-state index in [1.807, 2.05) is 12.1 Å². The molecule has 1 aliphatic rings. The fraction of sp³-hybridized carbons (Fsp3) is 0.571. The van der Waals surface area contributed by atoms with Gasteiger partial charge in [-0.05, 0) is 30.5 Å². The summed E-state index contributed by atoms with van der Waals surface area (Å²) in [6.45, 7) is 0.511. The van der Waals surface area contributed by atoms with E-state index in [9.17, 15) is 5.11 Å². The van der Waals surface area contributed by atoms with Gasteiger partial charge in [-0.3, -0.25) is 0 Å². The second-order valence-corrected chi connectivity index (χ2v) is 4.81. The van der Waals surface area contributed by atoms with Gasteiger partial charge < -0.3 is 19.3 Å². The Labute approximate surface area is 107 Å². The maximum Gasteiger partial charge on any atom is 0.126 e. The Kier molecular flexibility index (Phi) is 3.78. The van der Waals surface area contributed by atoms with Gasteiger partial charge in [-0.1, -0.05) is 0 Å². The molecule has 0 heterocycles. The van der Waals surface area contributed by atoms with E-state index in [-0.39, 0.29) is 0 Å². The molecular weight excluding hydrogens is 232 g/mol. The number of hydrogen-bond acceptors (Lipinski definition) is 4. The highest BCUT2D eigenvalue weighted by molar-refractivity contribution is 5.49. The van der Waals surface area contributed by atoms with E-state index in [1.165, 1.54) is 0 Å². The molecule has 1 aromatic rings. The maximum absolute atomic E-state index is 10.1. The van der Waals surface area contributed by atoms with Crippen LogP contribution in [0.5, 0.6) is 11.5 Å². The van der Waals surface area contributed by atoms with E-state index in [1.54, 1.807) is 21.3 Å². The summed E-state index contributed by atoms with van der Waals surface area (Å²) in [6, 6.07) is 3.88. The van der Waals surface area contributed by atoms with Crippen LogP contribution >= 0.6 is 0 Å². The summed E-state index contributed by atoms with van der Waals surface area (Å²) in [4.78, 5) is 0. The summed E-state index contributed by atoms with van der Waals surface area (Å²) in [5.41, 5.74) is 1.36. The van der Waals surface area contributed by atoms with Gasteiger partial charge in [0, 0.05) is 19.1 Å². The molecule has 4 nitrogen and oxygen atoms in total. The van der Waals surface area contributed by atoms with Crippen LogP contribution in [0, 0.1) is 0 Å². The van der Waals surface area contributed by atoms with Crippen LogP contribution in [0.4, 0.5) is 0 Å². The van der Waals surface area contributed by atoms with Crippen molar-refractivity contribution in [3.63, 3.8) is 0 Å². The predicted molar refractivity (Wildman–Crippen MR) is 68.1 cm³/mol. The summed E-state index contributed by atoms with van der Waals surface area (Å²) in [5, 5.41) is 10.1. The number of methoxy groups -OCH3 is 3. The molecule has 1 fully saturated rings. The van der Waals surface area contributed by atoms with E-state index < -0.39 is 5.60 Å². The van der Waals surface area contributed by atoms with Crippen molar-refractivity contribution in [1.29, 1.82) is 0 Å². The van der Waals surface area contributed by atoms with Crippen molar-refractivity contribution in [3.8, 4) is 11.5 Å². The van der Waals surface area contributed by atoms with Crippen molar-refractivity contribution in [3.05, 3.63) is 23.3 Å². The van der Waals surface area contributed by atoms with Crippen molar-refractivity contribution >= 4 is 0 Å². The standard InChI is InChI=1S/C14H20O4/c1-16-9-10-6-12(17-2)11(13(7-10)18-3)8-14(15)4-5-14/h6-7,15H,4-5,8-9H2,1-3H3. The van der Waals surface area contributed by atoms with Gasteiger partial charge in [0.2, 0.25) is 0 Å². The first-order valence-corrected chi connectivity index (χ1v) is 6.07. The third kappa shape index (κ3) is 2.76. The fourth-order valence-corrected chi connectivity index (χ4v) is 2.11. The van der Waals surface area contributed by atoms with Gasteiger partial charge in [-0.25, -0.2) is 0 Å². The van der Waals surface area contributed by atoms with Gasteiger partial charge in [0.25, 0.3) is 0 Å². The van der Waals surface area contributed by atoms with E-state index in [2.05, 4.69) is 0 Å². The minimum absolute atomic E-state index is 0.511. The van der Waals surface area contributed by atoms with Crippen LogP contribution in [0.1, 0.15) is 24.0 Å². The predicted octanol–water partition coefficient (Wildman–Crippen LogP) is 1.92. The van der Waals surface area contributed by atoms with E-state index in [0.717, 1.165) is 35.5 Å². The Bertz CT molecular complexity index is 399. The summed E-state index contributed by atoms with van der Waals surface area (Å²) in [5.74, 6) is 1.50. The van der Waals surface area contributed by atoms with E-state index in [4.69, 9.17) is 14.2 Å². The Morgan fingerprint density at radius 3 is 2.06 bits per heavy atom. The second-order valence-electron chi connectivity index (χ2n) is 4.81. The first kappa shape index (κ1) is 13.2. The van der Waals surface area contributed by atoms with Crippen LogP contribution < -0.4 is 9.47 Å². The highest BCUT2D eigenvalue weighted by Gasteiger charge is 2.41. The topological polar surface area (TPSA) is 47.9 Å². The third-order valence-corrected chi connectivity index (χ3v) is 3.31. The zero-order chi connectivity index (χ0) is 13.2. The molecule has 0 aliphatic heterocycles. The highest BCUT2D eigenvalue weighted by Crippen LogP contribution is 2.43. The quantitative estimate of drug-likeness (QED) is 0.840. The van der Waals surface area contributed by atoms with Gasteiger partial charge in [0.05, 0.1) is 26.4 Å². The molecule has 2 rings (SSSR count). The minimum atomic E-state index is -0.566. The zero-order valence-electron chi connectivity index (χ0n) is 11.2. The van der Waals surface area contributed by atoms with Crippen LogP contribution in [0.2, 0.25) is 0 Å². The lowest BCUT2D eigenvalue weighted by atomic mass is 10.0. The smallest absolute Gasteiger partial charge is 0.126 e. The Hall–Kier alpha value is -1.26. The molecular formula is C14H20O4. The molecule has 0 amide bonds. The van der Waals surface area contributed by atoms with Crippen LogP contribution in [0.15, 0.2) is 12.1 Å². The van der Waals surface area contributed by atoms with E-state index in [0.29, 0.717) is 13.0 Å². The third-order valence-electron chi connectivity index (χ3n) is 3.31. The molecule has 18 heavy (non-hydrogen) atoms. The molecule has 100 valence electrons. The van der Waals surface area contributed by atoms with Crippen LogP contribution in [0.25, 0.3) is 0 Å². The molecule has 1 saturated carbocycles. The number of aliphatic hydroxyl groups is 1. The van der Waals surface area contributed by atoms with Gasteiger partial charge in [0.1, 0.15) is 11.5 Å². The lowest BCUT2D eigenvalue weighted by Gasteiger charge is -2.17. The summed E-state index contributed by atoms with van der Waals surface area (Å²) >= 11 is 0. The number of hydrogen-bond donors (Lipinski definition) is 1. The van der Waals surface area contributed by atoms with Gasteiger partial charge in [0.15, 0.2) is 0 Å². The fourth-order valence-electron chi connectivity index (χ4n) is 2.11. The Balaban J connectivity index is 2.35. The lowest BCUT2D eigenvalue weighted by molar-refractivity contribution is 0.148. The number of rotatable bonds is 6. The number of ether oxygens (including phenoxy) is 3. The summed E-state index contributed by atoms with van der Waals surface area (Å²) < 4.78 is 15.9. The molecule has 1 N–H and O–H groups in total. The molecule has 0 aromatic heterocycles. The highest BCUT2D eigenvalue weighted by atomic mass is 16.5. The molecule has 1 aromatic carbocycles. The molecule has 0 spiro atoms. The lowest BCUT2D eigenvalue weighted by Crippen LogP contribution is -2.13. The normalized spacial score (nSPS) is 16.4. The summed E-state index contributed by atoms with van der Waals surface area (Å²) in [7, 11) is 4.91. The van der Waals surface area contributed by atoms with Crippen LogP contribution in [0.3, 0.4) is 0 Å². The van der Waals surface area contributed by atoms with Crippen molar-refractivity contribution < 1.29 is 19.3 Å². The largest absolute Gasteiger partial charge is 0.496 e. The average molecular weight is 252 g/mol. The van der Waals surface area contributed by atoms with Crippen molar-refractivity contribution in [2.75, 3.05) is 21.3 Å². The average Bonchev–Trinajstić information content (AvgIpc) is 3.08. The molecule has 0 saturated heterocycles. The van der Waals surface area contributed by atoms with Crippen molar-refractivity contribution in [2.45, 2.75) is 31.5 Å². The SMILES string of the molecule is COCc1cc(OC)c(CC2(O)CC2)c(OC)c1. The summed E-state index contributed by atoms with van der Waals surface area (Å²) in [6.07, 6.45) is 2.27. The van der Waals surface area contributed by atoms with Crippen LogP contribution in [-0.2, 0) is 17.8 Å². The minimum Gasteiger partial charge on any atom is -0.496 e. The Morgan fingerprint density at radius 1 is 1.11 bits per heavy atom. The van der Waals surface area contributed by atoms with Gasteiger partial charge >= 0.3 is 0 Å². The van der Waals surface area contributed by atoms with Crippen LogP contribution in [-0.4, -0.2) is 32.0 Å². The number of benzene rings is 1. The van der Waals surface area contributed by atoms with Gasteiger partial charge in [-0.15, -0.1) is 0 Å². The molecule has 0 unspecified atom stereocenters. The maximum atomic E-state index is 10.1. The Morgan fingerprint density at radius 2 is 1.67 bits per heavy atom. The molecule has 0 atom stereocenters. The zero-order valence-corrected chi connectivity index (χ0v) is 11.2. The first-order valence-electron chi connectivity index (χ1n) is 6.07.